The summed E-state index contributed by atoms with van der Waals surface area (Å²) >= 11 is 0. The van der Waals surface area contributed by atoms with Crippen molar-refractivity contribution >= 4 is 0 Å². The van der Waals surface area contributed by atoms with Crippen molar-refractivity contribution in [3.63, 3.8) is 0 Å². The molecule has 2 atom stereocenters. The van der Waals surface area contributed by atoms with Crippen LogP contribution < -0.4 is 0 Å². The highest BCUT2D eigenvalue weighted by atomic mass is 19.1. The molecule has 1 fully saturated rings. The molecule has 0 spiro atoms. The standard InChI is InChI=1S/C12H15F2NO/c1-8(16)15-6-2-3-12(15)10-7-9(13)4-5-11(10)14/h4-5,7-8,12,16H,2-3,6H2,1H3/t8?,12-/m1/s1. The molecule has 0 bridgehead atoms. The van der Waals surface area contributed by atoms with Crippen molar-refractivity contribution in [2.45, 2.75) is 32.0 Å². The first-order valence-corrected chi connectivity index (χ1v) is 5.48. The molecule has 1 aromatic rings. The zero-order valence-corrected chi connectivity index (χ0v) is 9.16. The molecule has 1 aliphatic heterocycles. The number of halogens is 2. The van der Waals surface area contributed by atoms with Crippen molar-refractivity contribution in [2.75, 3.05) is 6.54 Å². The Bertz CT molecular complexity index is 381. The van der Waals surface area contributed by atoms with E-state index < -0.39 is 17.9 Å². The van der Waals surface area contributed by atoms with E-state index in [0.29, 0.717) is 5.56 Å². The average Bonchev–Trinajstić information content (AvgIpc) is 2.70. The normalized spacial score (nSPS) is 23.6. The maximum Gasteiger partial charge on any atom is 0.128 e. The summed E-state index contributed by atoms with van der Waals surface area (Å²) in [6.07, 6.45) is 1.02. The second-order valence-electron chi connectivity index (χ2n) is 4.19. The molecular weight excluding hydrogens is 212 g/mol. The summed E-state index contributed by atoms with van der Waals surface area (Å²) in [5.41, 5.74) is 0.346. The summed E-state index contributed by atoms with van der Waals surface area (Å²) < 4.78 is 26.7. The van der Waals surface area contributed by atoms with Gasteiger partial charge in [0.05, 0.1) is 0 Å². The number of nitrogens with zero attached hydrogens (tertiary/aromatic N) is 1. The van der Waals surface area contributed by atoms with Gasteiger partial charge in [-0.2, -0.15) is 0 Å². The van der Waals surface area contributed by atoms with Crippen LogP contribution in [0.2, 0.25) is 0 Å². The fourth-order valence-electron chi connectivity index (χ4n) is 2.34. The molecule has 1 heterocycles. The van der Waals surface area contributed by atoms with E-state index in [-0.39, 0.29) is 6.04 Å². The molecule has 88 valence electrons. The van der Waals surface area contributed by atoms with Crippen LogP contribution in [-0.2, 0) is 0 Å². The van der Waals surface area contributed by atoms with E-state index in [9.17, 15) is 13.9 Å². The van der Waals surface area contributed by atoms with Crippen LogP contribution in [-0.4, -0.2) is 22.8 Å². The van der Waals surface area contributed by atoms with Crippen LogP contribution in [0.5, 0.6) is 0 Å². The summed E-state index contributed by atoms with van der Waals surface area (Å²) in [7, 11) is 0. The van der Waals surface area contributed by atoms with Gasteiger partial charge >= 0.3 is 0 Å². The van der Waals surface area contributed by atoms with Crippen LogP contribution >= 0.6 is 0 Å². The van der Waals surface area contributed by atoms with Crippen molar-refractivity contribution in [2.24, 2.45) is 0 Å². The maximum atomic E-state index is 13.6. The molecule has 1 unspecified atom stereocenters. The number of aliphatic hydroxyl groups is 1. The highest BCUT2D eigenvalue weighted by Crippen LogP contribution is 2.34. The van der Waals surface area contributed by atoms with Gasteiger partial charge in [-0.3, -0.25) is 4.90 Å². The number of benzene rings is 1. The van der Waals surface area contributed by atoms with Crippen LogP contribution in [0.4, 0.5) is 8.78 Å². The molecule has 1 aromatic carbocycles. The van der Waals surface area contributed by atoms with Gasteiger partial charge < -0.3 is 5.11 Å². The van der Waals surface area contributed by atoms with Gasteiger partial charge in [0.1, 0.15) is 17.9 Å². The number of likely N-dealkylation sites (tertiary alicyclic amines) is 1. The van der Waals surface area contributed by atoms with E-state index in [1.54, 1.807) is 11.8 Å². The lowest BCUT2D eigenvalue weighted by atomic mass is 10.0. The predicted octanol–water partition coefficient (Wildman–Crippen LogP) is 2.44. The van der Waals surface area contributed by atoms with Gasteiger partial charge in [-0.15, -0.1) is 0 Å². The van der Waals surface area contributed by atoms with Gasteiger partial charge in [0.25, 0.3) is 0 Å². The van der Waals surface area contributed by atoms with Crippen molar-refractivity contribution in [1.82, 2.24) is 4.90 Å². The fraction of sp³-hybridized carbons (Fsp3) is 0.500. The Morgan fingerprint density at radius 2 is 2.19 bits per heavy atom. The molecule has 0 radical (unpaired) electrons. The lowest BCUT2D eigenvalue weighted by Gasteiger charge is -2.27. The minimum absolute atomic E-state index is 0.212. The van der Waals surface area contributed by atoms with E-state index >= 15 is 0 Å². The third kappa shape index (κ3) is 2.08. The zero-order chi connectivity index (χ0) is 11.7. The summed E-state index contributed by atoms with van der Waals surface area (Å²) in [5, 5.41) is 9.55. The number of aliphatic hydroxyl groups excluding tert-OH is 1. The van der Waals surface area contributed by atoms with Crippen molar-refractivity contribution in [3.8, 4) is 0 Å². The smallest absolute Gasteiger partial charge is 0.128 e. The van der Waals surface area contributed by atoms with Gasteiger partial charge in [0.2, 0.25) is 0 Å². The second kappa shape index (κ2) is 4.47. The Kier molecular flexibility index (Phi) is 3.21. The van der Waals surface area contributed by atoms with Crippen molar-refractivity contribution < 1.29 is 13.9 Å². The predicted molar refractivity (Wildman–Crippen MR) is 56.7 cm³/mol. The van der Waals surface area contributed by atoms with Gasteiger partial charge in [-0.05, 0) is 38.0 Å². The van der Waals surface area contributed by atoms with Crippen molar-refractivity contribution in [1.29, 1.82) is 0 Å². The highest BCUT2D eigenvalue weighted by molar-refractivity contribution is 5.23. The molecule has 0 aromatic heterocycles. The van der Waals surface area contributed by atoms with Crippen LogP contribution in [0.1, 0.15) is 31.4 Å². The SMILES string of the molecule is CC(O)N1CCC[C@@H]1c1cc(F)ccc1F. The molecule has 4 heteroatoms. The fourth-order valence-corrected chi connectivity index (χ4v) is 2.34. The van der Waals surface area contributed by atoms with Gasteiger partial charge in [-0.1, -0.05) is 0 Å². The summed E-state index contributed by atoms with van der Waals surface area (Å²) in [5.74, 6) is -0.840. The first-order valence-electron chi connectivity index (χ1n) is 5.48. The topological polar surface area (TPSA) is 23.5 Å². The Labute approximate surface area is 93.5 Å². The first-order chi connectivity index (χ1) is 7.59. The maximum absolute atomic E-state index is 13.6. The minimum Gasteiger partial charge on any atom is -0.379 e. The van der Waals surface area contributed by atoms with Crippen LogP contribution in [0.25, 0.3) is 0 Å². The molecule has 1 N–H and O–H groups in total. The number of hydrogen-bond acceptors (Lipinski definition) is 2. The summed E-state index contributed by atoms with van der Waals surface area (Å²) in [6.45, 7) is 2.37. The average molecular weight is 227 g/mol. The van der Waals surface area contributed by atoms with E-state index in [1.807, 2.05) is 0 Å². The molecule has 1 aliphatic rings. The minimum atomic E-state index is -0.629. The third-order valence-corrected chi connectivity index (χ3v) is 3.09. The lowest BCUT2D eigenvalue weighted by Crippen LogP contribution is -2.32. The van der Waals surface area contributed by atoms with E-state index in [4.69, 9.17) is 0 Å². The Hall–Kier alpha value is -1.00. The lowest BCUT2D eigenvalue weighted by molar-refractivity contribution is 0.00830. The molecule has 0 amide bonds. The third-order valence-electron chi connectivity index (χ3n) is 3.09. The molecule has 16 heavy (non-hydrogen) atoms. The highest BCUT2D eigenvalue weighted by Gasteiger charge is 2.30. The van der Waals surface area contributed by atoms with Gasteiger partial charge in [-0.25, -0.2) is 8.78 Å². The van der Waals surface area contributed by atoms with Crippen molar-refractivity contribution in [3.05, 3.63) is 35.4 Å². The first kappa shape index (κ1) is 11.5. The van der Waals surface area contributed by atoms with Gasteiger partial charge in [0, 0.05) is 18.2 Å². The van der Waals surface area contributed by atoms with Crippen LogP contribution in [0, 0.1) is 11.6 Å². The molecule has 1 saturated heterocycles. The summed E-state index contributed by atoms with van der Waals surface area (Å²) in [6, 6.07) is 3.26. The molecule has 2 nitrogen and oxygen atoms in total. The molecule has 2 rings (SSSR count). The van der Waals surface area contributed by atoms with E-state index in [2.05, 4.69) is 0 Å². The van der Waals surface area contributed by atoms with Crippen LogP contribution in [0.15, 0.2) is 18.2 Å². The Balaban J connectivity index is 2.32. The Morgan fingerprint density at radius 3 is 2.88 bits per heavy atom. The molecule has 0 saturated carbocycles. The van der Waals surface area contributed by atoms with E-state index in [0.717, 1.165) is 31.5 Å². The number of hydrogen-bond donors (Lipinski definition) is 1. The van der Waals surface area contributed by atoms with E-state index in [1.165, 1.54) is 6.07 Å². The van der Waals surface area contributed by atoms with Gasteiger partial charge in [0.15, 0.2) is 0 Å². The number of rotatable bonds is 2. The molecule has 0 aliphatic carbocycles. The second-order valence-corrected chi connectivity index (χ2v) is 4.19. The Morgan fingerprint density at radius 1 is 1.44 bits per heavy atom. The zero-order valence-electron chi connectivity index (χ0n) is 9.16. The van der Waals surface area contributed by atoms with Crippen LogP contribution in [0.3, 0.4) is 0 Å². The largest absolute Gasteiger partial charge is 0.379 e. The molecular formula is C12H15F2NO. The summed E-state index contributed by atoms with van der Waals surface area (Å²) in [4.78, 5) is 1.79. The monoisotopic (exact) mass is 227 g/mol. The quantitative estimate of drug-likeness (QED) is 0.838.